The molecule has 0 unspecified atom stereocenters. The van der Waals surface area contributed by atoms with Gasteiger partial charge < -0.3 is 34.2 Å². The Bertz CT molecular complexity index is 959. The Balaban J connectivity index is 2.97. The maximum absolute atomic E-state index is 12.4. The molecule has 208 valence electrons. The SMILES string of the molecule is CC(C)C(=O)OC[C@H](C)OC(=O)[C@@H](N)Cc1ccc(OC(=O)OC(C)(C)C)c(OC(=O)OC(C)(C)C)c1. The van der Waals surface area contributed by atoms with Crippen LogP contribution in [0.2, 0.25) is 0 Å². The maximum atomic E-state index is 12.4. The fourth-order valence-electron chi connectivity index (χ4n) is 2.59. The highest BCUT2D eigenvalue weighted by molar-refractivity contribution is 5.76. The number of hydrogen-bond acceptors (Lipinski definition) is 11. The maximum Gasteiger partial charge on any atom is 0.514 e. The van der Waals surface area contributed by atoms with Gasteiger partial charge in [0, 0.05) is 0 Å². The van der Waals surface area contributed by atoms with E-state index in [0.29, 0.717) is 5.56 Å². The summed E-state index contributed by atoms with van der Waals surface area (Å²) in [6.07, 6.45) is -2.71. The molecule has 37 heavy (non-hydrogen) atoms. The van der Waals surface area contributed by atoms with Gasteiger partial charge in [-0.3, -0.25) is 9.59 Å². The molecule has 0 spiro atoms. The van der Waals surface area contributed by atoms with E-state index in [1.807, 2.05) is 0 Å². The summed E-state index contributed by atoms with van der Waals surface area (Å²) in [4.78, 5) is 48.4. The highest BCUT2D eigenvalue weighted by Gasteiger charge is 2.25. The number of esters is 2. The second-order valence-corrected chi connectivity index (χ2v) is 10.8. The lowest BCUT2D eigenvalue weighted by molar-refractivity contribution is -0.160. The van der Waals surface area contributed by atoms with E-state index in [1.165, 1.54) is 12.1 Å². The van der Waals surface area contributed by atoms with Gasteiger partial charge in [-0.1, -0.05) is 19.9 Å². The molecule has 0 aromatic heterocycles. The first kappa shape index (κ1) is 31.7. The van der Waals surface area contributed by atoms with E-state index in [1.54, 1.807) is 68.4 Å². The van der Waals surface area contributed by atoms with E-state index in [0.717, 1.165) is 0 Å². The van der Waals surface area contributed by atoms with E-state index in [2.05, 4.69) is 0 Å². The number of benzene rings is 1. The number of nitrogens with two attached hydrogens (primary N) is 1. The molecule has 0 aliphatic carbocycles. The zero-order valence-corrected chi connectivity index (χ0v) is 23.0. The second-order valence-electron chi connectivity index (χ2n) is 10.8. The third-order valence-corrected chi connectivity index (χ3v) is 4.18. The first-order valence-corrected chi connectivity index (χ1v) is 11.9. The van der Waals surface area contributed by atoms with Crippen molar-refractivity contribution in [1.82, 2.24) is 0 Å². The molecular formula is C26H39NO10. The topological polar surface area (TPSA) is 150 Å². The zero-order chi connectivity index (χ0) is 28.6. The summed E-state index contributed by atoms with van der Waals surface area (Å²) < 4.78 is 31.1. The molecule has 1 aromatic carbocycles. The highest BCUT2D eigenvalue weighted by Crippen LogP contribution is 2.31. The van der Waals surface area contributed by atoms with Crippen molar-refractivity contribution in [2.75, 3.05) is 6.61 Å². The van der Waals surface area contributed by atoms with Gasteiger partial charge in [0.15, 0.2) is 11.5 Å². The van der Waals surface area contributed by atoms with Gasteiger partial charge in [-0.15, -0.1) is 0 Å². The van der Waals surface area contributed by atoms with Crippen LogP contribution in [-0.4, -0.2) is 54.2 Å². The molecule has 0 bridgehead atoms. The largest absolute Gasteiger partial charge is 0.514 e. The van der Waals surface area contributed by atoms with Gasteiger partial charge in [0.05, 0.1) is 5.92 Å². The van der Waals surface area contributed by atoms with Crippen molar-refractivity contribution in [3.63, 3.8) is 0 Å². The van der Waals surface area contributed by atoms with E-state index in [4.69, 9.17) is 34.2 Å². The van der Waals surface area contributed by atoms with Gasteiger partial charge in [0.2, 0.25) is 0 Å². The lowest BCUT2D eigenvalue weighted by Crippen LogP contribution is -2.37. The van der Waals surface area contributed by atoms with Crippen LogP contribution in [0.15, 0.2) is 18.2 Å². The first-order valence-electron chi connectivity index (χ1n) is 11.9. The minimum atomic E-state index is -1.07. The van der Waals surface area contributed by atoms with Gasteiger partial charge in [0.25, 0.3) is 0 Å². The molecule has 1 rings (SSSR count). The van der Waals surface area contributed by atoms with Crippen molar-refractivity contribution in [1.29, 1.82) is 0 Å². The van der Waals surface area contributed by atoms with Crippen molar-refractivity contribution in [2.24, 2.45) is 11.7 Å². The Morgan fingerprint density at radius 3 is 1.81 bits per heavy atom. The summed E-state index contributed by atoms with van der Waals surface area (Å²) in [5.74, 6) is -1.65. The van der Waals surface area contributed by atoms with Crippen molar-refractivity contribution in [3.05, 3.63) is 23.8 Å². The Hall–Kier alpha value is -3.34. The number of carbonyl (C=O) groups is 4. The molecule has 2 N–H and O–H groups in total. The van der Waals surface area contributed by atoms with E-state index in [-0.39, 0.29) is 30.4 Å². The summed E-state index contributed by atoms with van der Waals surface area (Å²) in [6, 6.07) is 3.24. The lowest BCUT2D eigenvalue weighted by atomic mass is 10.1. The van der Waals surface area contributed by atoms with Crippen molar-refractivity contribution in [3.8, 4) is 11.5 Å². The molecule has 0 fully saturated rings. The van der Waals surface area contributed by atoms with Crippen molar-refractivity contribution in [2.45, 2.75) is 92.1 Å². The third-order valence-electron chi connectivity index (χ3n) is 4.18. The summed E-state index contributed by atoms with van der Waals surface area (Å²) in [6.45, 7) is 14.9. The molecular weight excluding hydrogens is 486 g/mol. The molecule has 2 atom stereocenters. The Morgan fingerprint density at radius 1 is 0.811 bits per heavy atom. The number of hydrogen-bond donors (Lipinski definition) is 1. The second kappa shape index (κ2) is 13.3. The van der Waals surface area contributed by atoms with Gasteiger partial charge in [-0.25, -0.2) is 9.59 Å². The highest BCUT2D eigenvalue weighted by atomic mass is 16.8. The van der Waals surface area contributed by atoms with Crippen LogP contribution in [0.4, 0.5) is 9.59 Å². The third kappa shape index (κ3) is 13.0. The van der Waals surface area contributed by atoms with Gasteiger partial charge in [-0.2, -0.15) is 0 Å². The van der Waals surface area contributed by atoms with Crippen molar-refractivity contribution >= 4 is 24.2 Å². The molecule has 0 saturated heterocycles. The normalized spacial score (nSPS) is 13.3. The molecule has 0 amide bonds. The van der Waals surface area contributed by atoms with Gasteiger partial charge in [-0.05, 0) is 72.6 Å². The smallest absolute Gasteiger partial charge is 0.462 e. The van der Waals surface area contributed by atoms with Gasteiger partial charge in [0.1, 0.15) is 30.0 Å². The van der Waals surface area contributed by atoms with Crippen LogP contribution in [0.1, 0.15) is 67.9 Å². The minimum Gasteiger partial charge on any atom is -0.462 e. The average molecular weight is 526 g/mol. The quantitative estimate of drug-likeness (QED) is 0.279. The number of ether oxygens (including phenoxy) is 6. The molecule has 1 aromatic rings. The first-order chi connectivity index (χ1) is 16.9. The Labute approximate surface area is 217 Å². The zero-order valence-electron chi connectivity index (χ0n) is 23.0. The van der Waals surface area contributed by atoms with E-state index >= 15 is 0 Å². The fourth-order valence-corrected chi connectivity index (χ4v) is 2.59. The van der Waals surface area contributed by atoms with Crippen LogP contribution in [0, 0.1) is 5.92 Å². The molecule has 0 radical (unpaired) electrons. The molecule has 0 saturated carbocycles. The Kier molecular flexibility index (Phi) is 11.4. The molecule has 11 heteroatoms. The monoisotopic (exact) mass is 525 g/mol. The minimum absolute atomic E-state index is 0.00866. The summed E-state index contributed by atoms with van der Waals surface area (Å²) >= 11 is 0. The summed E-state index contributed by atoms with van der Waals surface area (Å²) in [7, 11) is 0. The van der Waals surface area contributed by atoms with Crippen LogP contribution < -0.4 is 15.2 Å². The van der Waals surface area contributed by atoms with Crippen LogP contribution in [-0.2, 0) is 35.0 Å². The Morgan fingerprint density at radius 2 is 1.32 bits per heavy atom. The number of rotatable bonds is 9. The molecule has 0 aliphatic rings. The predicted octanol–water partition coefficient (Wildman–Crippen LogP) is 4.32. The van der Waals surface area contributed by atoms with E-state index < -0.39 is 47.6 Å². The summed E-state index contributed by atoms with van der Waals surface area (Å²) in [5.41, 5.74) is 4.86. The predicted molar refractivity (Wildman–Crippen MR) is 133 cm³/mol. The van der Waals surface area contributed by atoms with Gasteiger partial charge >= 0.3 is 24.2 Å². The molecule has 0 aliphatic heterocycles. The van der Waals surface area contributed by atoms with Crippen LogP contribution in [0.25, 0.3) is 0 Å². The average Bonchev–Trinajstić information content (AvgIpc) is 2.70. The molecule has 11 nitrogen and oxygen atoms in total. The fraction of sp³-hybridized carbons (Fsp3) is 0.615. The lowest BCUT2D eigenvalue weighted by Gasteiger charge is -2.21. The van der Waals surface area contributed by atoms with Crippen LogP contribution in [0.3, 0.4) is 0 Å². The molecule has 0 heterocycles. The van der Waals surface area contributed by atoms with Crippen LogP contribution >= 0.6 is 0 Å². The van der Waals surface area contributed by atoms with Crippen LogP contribution in [0.5, 0.6) is 11.5 Å². The summed E-state index contributed by atoms with van der Waals surface area (Å²) in [5, 5.41) is 0. The van der Waals surface area contributed by atoms with E-state index in [9.17, 15) is 19.2 Å². The number of carbonyl (C=O) groups excluding carboxylic acids is 4. The van der Waals surface area contributed by atoms with Crippen molar-refractivity contribution < 1.29 is 47.6 Å². The standard InChI is InChI=1S/C26H39NO10/c1-15(2)21(28)32-14-16(3)33-22(29)18(27)12-17-10-11-19(34-23(30)36-25(4,5)6)20(13-17)35-24(31)37-26(7,8)9/h10-11,13,15-16,18H,12,14,27H2,1-9H3/t16-,18-/m0/s1.